The Morgan fingerprint density at radius 3 is 2.71 bits per heavy atom. The summed E-state index contributed by atoms with van der Waals surface area (Å²) < 4.78 is 2.43. The summed E-state index contributed by atoms with van der Waals surface area (Å²) in [6, 6.07) is 8.08. The molecule has 0 bridgehead atoms. The van der Waals surface area contributed by atoms with Crippen LogP contribution in [0.25, 0.3) is 10.1 Å². The van der Waals surface area contributed by atoms with Crippen molar-refractivity contribution in [3.8, 4) is 0 Å². The van der Waals surface area contributed by atoms with Crippen molar-refractivity contribution < 1.29 is 0 Å². The smallest absolute Gasteiger partial charge is 0.133 e. The highest BCUT2D eigenvalue weighted by molar-refractivity contribution is 14.1. The number of hydrogen-bond donors (Lipinski definition) is 2. The molecule has 14 heavy (non-hydrogen) atoms. The molecule has 0 aliphatic carbocycles. The van der Waals surface area contributed by atoms with Crippen LogP contribution in [-0.2, 0) is 0 Å². The van der Waals surface area contributed by atoms with E-state index < -0.39 is 0 Å². The maximum atomic E-state index is 7.32. The molecular weight excluding hydrogens is 331 g/mol. The second-order valence-corrected chi connectivity index (χ2v) is 4.90. The van der Waals surface area contributed by atoms with Crippen molar-refractivity contribution in [2.24, 2.45) is 5.73 Å². The van der Waals surface area contributed by atoms with E-state index in [-0.39, 0.29) is 18.2 Å². The van der Waals surface area contributed by atoms with Gasteiger partial charge in [-0.05, 0) is 40.1 Å². The van der Waals surface area contributed by atoms with Gasteiger partial charge in [0, 0.05) is 8.27 Å². The lowest BCUT2D eigenvalue weighted by atomic mass is 10.2. The molecule has 0 saturated carbocycles. The number of rotatable bonds is 1. The lowest BCUT2D eigenvalue weighted by molar-refractivity contribution is 1.46. The second-order valence-electron chi connectivity index (χ2n) is 2.68. The van der Waals surface area contributed by atoms with E-state index in [0.29, 0.717) is 0 Å². The van der Waals surface area contributed by atoms with E-state index in [2.05, 4.69) is 28.7 Å². The minimum absolute atomic E-state index is 0. The number of halogens is 2. The summed E-state index contributed by atoms with van der Waals surface area (Å²) in [5.41, 5.74) is 5.42. The fraction of sp³-hybridized carbons (Fsp3) is 0. The zero-order chi connectivity index (χ0) is 9.42. The minimum atomic E-state index is 0. The van der Waals surface area contributed by atoms with E-state index in [1.54, 1.807) is 11.3 Å². The Bertz CT molecular complexity index is 481. The summed E-state index contributed by atoms with van der Waals surface area (Å²) in [6.45, 7) is 0. The molecule has 0 aliphatic heterocycles. The normalized spacial score (nSPS) is 9.79. The first-order chi connectivity index (χ1) is 6.18. The maximum absolute atomic E-state index is 7.32. The molecule has 2 rings (SSSR count). The number of nitrogens with one attached hydrogen (secondary N) is 1. The van der Waals surface area contributed by atoms with Gasteiger partial charge >= 0.3 is 0 Å². The maximum Gasteiger partial charge on any atom is 0.133 e. The van der Waals surface area contributed by atoms with Gasteiger partial charge in [-0.3, -0.25) is 5.41 Å². The third-order valence-corrected chi connectivity index (χ3v) is 4.24. The molecule has 3 N–H and O–H groups in total. The minimum Gasteiger partial charge on any atom is -0.383 e. The van der Waals surface area contributed by atoms with Crippen LogP contribution in [0.1, 0.15) is 4.88 Å². The average Bonchev–Trinajstić information content (AvgIpc) is 2.49. The van der Waals surface area contributed by atoms with Crippen LogP contribution in [0.4, 0.5) is 0 Å². The monoisotopic (exact) mass is 338 g/mol. The molecule has 0 atom stereocenters. The van der Waals surface area contributed by atoms with Crippen molar-refractivity contribution in [3.05, 3.63) is 32.7 Å². The molecule has 2 aromatic rings. The highest BCUT2D eigenvalue weighted by Gasteiger charge is 2.05. The quantitative estimate of drug-likeness (QED) is 0.468. The SMILES string of the molecule is Cl.N=C(N)c1cc2cccc(I)c2s1. The molecule has 0 unspecified atom stereocenters. The highest BCUT2D eigenvalue weighted by Crippen LogP contribution is 2.29. The number of fused-ring (bicyclic) bond motifs is 1. The number of thiophene rings is 1. The van der Waals surface area contributed by atoms with Gasteiger partial charge in [0.15, 0.2) is 0 Å². The molecule has 1 aromatic heterocycles. The highest BCUT2D eigenvalue weighted by atomic mass is 127. The Labute approximate surface area is 106 Å². The molecule has 0 radical (unpaired) electrons. The Morgan fingerprint density at radius 2 is 2.14 bits per heavy atom. The van der Waals surface area contributed by atoms with Gasteiger partial charge in [-0.1, -0.05) is 12.1 Å². The lowest BCUT2D eigenvalue weighted by Gasteiger charge is -1.90. The molecule has 1 heterocycles. The van der Waals surface area contributed by atoms with Crippen LogP contribution < -0.4 is 5.73 Å². The molecule has 2 nitrogen and oxygen atoms in total. The Balaban J connectivity index is 0.000000980. The molecular formula is C9H8ClIN2S. The van der Waals surface area contributed by atoms with E-state index in [9.17, 15) is 0 Å². The van der Waals surface area contributed by atoms with E-state index in [0.717, 1.165) is 4.88 Å². The van der Waals surface area contributed by atoms with Crippen LogP contribution in [0.15, 0.2) is 24.3 Å². The van der Waals surface area contributed by atoms with Crippen molar-refractivity contribution in [1.82, 2.24) is 0 Å². The number of benzene rings is 1. The van der Waals surface area contributed by atoms with Crippen LogP contribution in [0.5, 0.6) is 0 Å². The van der Waals surface area contributed by atoms with Gasteiger partial charge in [0.2, 0.25) is 0 Å². The first-order valence-electron chi connectivity index (χ1n) is 3.71. The Morgan fingerprint density at radius 1 is 1.43 bits per heavy atom. The number of amidine groups is 1. The fourth-order valence-electron chi connectivity index (χ4n) is 1.16. The Hall–Kier alpha value is -0.330. The molecule has 5 heteroatoms. The zero-order valence-corrected chi connectivity index (χ0v) is 10.9. The molecule has 0 aliphatic rings. The molecule has 0 saturated heterocycles. The lowest BCUT2D eigenvalue weighted by Crippen LogP contribution is -2.08. The van der Waals surface area contributed by atoms with Gasteiger partial charge in [0.05, 0.1) is 4.88 Å². The first-order valence-corrected chi connectivity index (χ1v) is 5.60. The zero-order valence-electron chi connectivity index (χ0n) is 7.08. The van der Waals surface area contributed by atoms with Crippen LogP contribution in [0, 0.1) is 8.98 Å². The van der Waals surface area contributed by atoms with Crippen LogP contribution in [0.3, 0.4) is 0 Å². The van der Waals surface area contributed by atoms with E-state index >= 15 is 0 Å². The molecule has 0 fully saturated rings. The van der Waals surface area contributed by atoms with E-state index in [4.69, 9.17) is 11.1 Å². The van der Waals surface area contributed by atoms with Crippen LogP contribution in [0.2, 0.25) is 0 Å². The first kappa shape index (κ1) is 11.7. The summed E-state index contributed by atoms with van der Waals surface area (Å²) in [6.07, 6.45) is 0. The molecule has 0 amide bonds. The van der Waals surface area contributed by atoms with Crippen molar-refractivity contribution in [1.29, 1.82) is 5.41 Å². The molecule has 74 valence electrons. The van der Waals surface area contributed by atoms with E-state index in [1.807, 2.05) is 18.2 Å². The van der Waals surface area contributed by atoms with Gasteiger partial charge in [0.25, 0.3) is 0 Å². The predicted molar refractivity (Wildman–Crippen MR) is 72.8 cm³/mol. The predicted octanol–water partition coefficient (Wildman–Crippen LogP) is 3.21. The average molecular weight is 339 g/mol. The van der Waals surface area contributed by atoms with Crippen molar-refractivity contribution >= 4 is 62.3 Å². The third kappa shape index (κ3) is 2.02. The summed E-state index contributed by atoms with van der Waals surface area (Å²) >= 11 is 3.87. The summed E-state index contributed by atoms with van der Waals surface area (Å²) in [4.78, 5) is 0.846. The van der Waals surface area contributed by atoms with Crippen molar-refractivity contribution in [2.75, 3.05) is 0 Å². The largest absolute Gasteiger partial charge is 0.383 e. The van der Waals surface area contributed by atoms with Gasteiger partial charge in [-0.15, -0.1) is 23.7 Å². The second kappa shape index (κ2) is 4.46. The van der Waals surface area contributed by atoms with Crippen LogP contribution in [-0.4, -0.2) is 5.84 Å². The standard InChI is InChI=1S/C9H7IN2S.ClH/c10-6-3-1-2-5-4-7(9(11)12)13-8(5)6;/h1-4H,(H3,11,12);1H. The molecule has 0 spiro atoms. The number of hydrogen-bond acceptors (Lipinski definition) is 2. The van der Waals surface area contributed by atoms with Gasteiger partial charge in [-0.25, -0.2) is 0 Å². The van der Waals surface area contributed by atoms with Gasteiger partial charge in [0.1, 0.15) is 5.84 Å². The number of nitrogen functional groups attached to an aromatic ring is 1. The summed E-state index contributed by atoms with van der Waals surface area (Å²) in [7, 11) is 0. The molecule has 1 aromatic carbocycles. The number of nitrogens with two attached hydrogens (primary N) is 1. The van der Waals surface area contributed by atoms with Crippen molar-refractivity contribution in [3.63, 3.8) is 0 Å². The third-order valence-electron chi connectivity index (χ3n) is 1.76. The summed E-state index contributed by atoms with van der Waals surface area (Å²) in [5, 5.41) is 8.49. The topological polar surface area (TPSA) is 49.9 Å². The van der Waals surface area contributed by atoms with Crippen molar-refractivity contribution in [2.45, 2.75) is 0 Å². The van der Waals surface area contributed by atoms with E-state index in [1.165, 1.54) is 13.7 Å². The summed E-state index contributed by atoms with van der Waals surface area (Å²) in [5.74, 6) is 0.150. The Kier molecular flexibility index (Phi) is 3.74. The fourth-order valence-corrected chi connectivity index (χ4v) is 2.94. The van der Waals surface area contributed by atoms with Gasteiger partial charge in [-0.2, -0.15) is 0 Å². The van der Waals surface area contributed by atoms with Crippen LogP contribution >= 0.6 is 46.3 Å². The van der Waals surface area contributed by atoms with Gasteiger partial charge < -0.3 is 5.73 Å².